The summed E-state index contributed by atoms with van der Waals surface area (Å²) >= 11 is 0. The molecule has 17 heavy (non-hydrogen) atoms. The molecule has 0 aliphatic carbocycles. The van der Waals surface area contributed by atoms with Crippen LogP contribution in [0.1, 0.15) is 38.2 Å². The van der Waals surface area contributed by atoms with Crippen LogP contribution in [-0.4, -0.2) is 22.2 Å². The van der Waals surface area contributed by atoms with Crippen LogP contribution in [0.5, 0.6) is 0 Å². The van der Waals surface area contributed by atoms with Gasteiger partial charge in [0, 0.05) is 31.3 Å². The van der Waals surface area contributed by atoms with Crippen molar-refractivity contribution in [2.75, 3.05) is 6.54 Å². The van der Waals surface area contributed by atoms with Crippen LogP contribution < -0.4 is 11.1 Å². The van der Waals surface area contributed by atoms with Gasteiger partial charge in [0.05, 0.1) is 6.20 Å². The first-order chi connectivity index (χ1) is 8.22. The van der Waals surface area contributed by atoms with Gasteiger partial charge in [0.15, 0.2) is 0 Å². The van der Waals surface area contributed by atoms with Gasteiger partial charge in [-0.1, -0.05) is 6.92 Å². The Kier molecular flexibility index (Phi) is 6.32. The van der Waals surface area contributed by atoms with E-state index >= 15 is 0 Å². The number of carbonyl (C=O) groups excluding carboxylic acids is 1. The van der Waals surface area contributed by atoms with Crippen molar-refractivity contribution < 1.29 is 4.79 Å². The molecule has 96 valence electrons. The van der Waals surface area contributed by atoms with Gasteiger partial charge in [-0.25, -0.2) is 0 Å². The minimum atomic E-state index is -0.217. The van der Waals surface area contributed by atoms with Gasteiger partial charge < -0.3 is 11.1 Å². The van der Waals surface area contributed by atoms with E-state index in [2.05, 4.69) is 23.5 Å². The smallest absolute Gasteiger partial charge is 0.217 e. The van der Waals surface area contributed by atoms with Crippen molar-refractivity contribution in [2.45, 2.75) is 45.7 Å². The fraction of sp³-hybridized carbons (Fsp3) is 0.667. The van der Waals surface area contributed by atoms with Crippen molar-refractivity contribution in [1.82, 2.24) is 15.1 Å². The first kappa shape index (κ1) is 13.7. The van der Waals surface area contributed by atoms with Gasteiger partial charge in [-0.05, 0) is 25.8 Å². The molecular formula is C12H22N4O. The fourth-order valence-electron chi connectivity index (χ4n) is 1.63. The number of carbonyl (C=O) groups is 1. The predicted octanol–water partition coefficient (Wildman–Crippen LogP) is 1.04. The number of nitrogens with one attached hydrogen (secondary N) is 1. The maximum atomic E-state index is 10.5. The lowest BCUT2D eigenvalue weighted by molar-refractivity contribution is -0.118. The van der Waals surface area contributed by atoms with E-state index in [0.29, 0.717) is 6.42 Å². The molecule has 0 bridgehead atoms. The average molecular weight is 238 g/mol. The zero-order chi connectivity index (χ0) is 12.5. The summed E-state index contributed by atoms with van der Waals surface area (Å²) in [6, 6.07) is 0. The Morgan fingerprint density at radius 3 is 3.06 bits per heavy atom. The molecule has 0 aromatic carbocycles. The summed E-state index contributed by atoms with van der Waals surface area (Å²) in [7, 11) is 0. The second-order valence-electron chi connectivity index (χ2n) is 4.21. The van der Waals surface area contributed by atoms with Crippen LogP contribution in [0.25, 0.3) is 0 Å². The van der Waals surface area contributed by atoms with Gasteiger partial charge in [-0.3, -0.25) is 9.48 Å². The van der Waals surface area contributed by atoms with Gasteiger partial charge in [-0.15, -0.1) is 0 Å². The monoisotopic (exact) mass is 238 g/mol. The van der Waals surface area contributed by atoms with Gasteiger partial charge in [-0.2, -0.15) is 5.10 Å². The minimum absolute atomic E-state index is 0.217. The van der Waals surface area contributed by atoms with Gasteiger partial charge in [0.2, 0.25) is 5.91 Å². The van der Waals surface area contributed by atoms with E-state index < -0.39 is 0 Å². The first-order valence-electron chi connectivity index (χ1n) is 6.22. The predicted molar refractivity (Wildman–Crippen MR) is 67.3 cm³/mol. The van der Waals surface area contributed by atoms with Crippen LogP contribution in [0.15, 0.2) is 12.4 Å². The molecule has 1 heterocycles. The summed E-state index contributed by atoms with van der Waals surface area (Å²) in [4.78, 5) is 10.5. The summed E-state index contributed by atoms with van der Waals surface area (Å²) in [5, 5.41) is 7.59. The van der Waals surface area contributed by atoms with Crippen LogP contribution in [0, 0.1) is 0 Å². The molecule has 5 nitrogen and oxygen atoms in total. The molecule has 0 aliphatic rings. The molecule has 0 aliphatic heterocycles. The van der Waals surface area contributed by atoms with E-state index in [-0.39, 0.29) is 5.91 Å². The van der Waals surface area contributed by atoms with E-state index in [0.717, 1.165) is 38.9 Å². The highest BCUT2D eigenvalue weighted by molar-refractivity contribution is 5.73. The molecule has 1 aromatic rings. The largest absolute Gasteiger partial charge is 0.370 e. The third-order valence-electron chi connectivity index (χ3n) is 2.50. The van der Waals surface area contributed by atoms with Crippen LogP contribution in [0.3, 0.4) is 0 Å². The van der Waals surface area contributed by atoms with E-state index in [4.69, 9.17) is 5.73 Å². The summed E-state index contributed by atoms with van der Waals surface area (Å²) in [5.74, 6) is -0.217. The molecular weight excluding hydrogens is 216 g/mol. The van der Waals surface area contributed by atoms with E-state index in [1.165, 1.54) is 5.56 Å². The van der Waals surface area contributed by atoms with Crippen molar-refractivity contribution in [3.8, 4) is 0 Å². The number of unbranched alkanes of at least 4 members (excludes halogenated alkanes) is 1. The molecule has 3 N–H and O–H groups in total. The molecule has 0 radical (unpaired) electrons. The molecule has 5 heteroatoms. The Bertz CT molecular complexity index is 335. The van der Waals surface area contributed by atoms with Gasteiger partial charge in [0.1, 0.15) is 0 Å². The zero-order valence-corrected chi connectivity index (χ0v) is 10.5. The Balaban J connectivity index is 2.07. The van der Waals surface area contributed by atoms with Crippen molar-refractivity contribution in [1.29, 1.82) is 0 Å². The van der Waals surface area contributed by atoms with Crippen LogP contribution in [0.4, 0.5) is 0 Å². The highest BCUT2D eigenvalue weighted by Gasteiger charge is 1.98. The average Bonchev–Trinajstić information content (AvgIpc) is 2.71. The van der Waals surface area contributed by atoms with Crippen molar-refractivity contribution in [3.05, 3.63) is 18.0 Å². The molecule has 0 atom stereocenters. The first-order valence-corrected chi connectivity index (χ1v) is 6.22. The summed E-state index contributed by atoms with van der Waals surface area (Å²) in [6.45, 7) is 4.85. The Morgan fingerprint density at radius 2 is 2.35 bits per heavy atom. The van der Waals surface area contributed by atoms with Crippen molar-refractivity contribution in [3.63, 3.8) is 0 Å². The lowest BCUT2D eigenvalue weighted by Gasteiger charge is -2.02. The van der Waals surface area contributed by atoms with Crippen molar-refractivity contribution >= 4 is 5.91 Å². The number of hydrogen-bond acceptors (Lipinski definition) is 3. The second-order valence-corrected chi connectivity index (χ2v) is 4.21. The van der Waals surface area contributed by atoms with Gasteiger partial charge >= 0.3 is 0 Å². The Hall–Kier alpha value is -1.36. The number of nitrogens with two attached hydrogens (primary N) is 1. The number of primary amides is 1. The summed E-state index contributed by atoms with van der Waals surface area (Å²) in [6.07, 6.45) is 7.38. The molecule has 0 saturated carbocycles. The quantitative estimate of drug-likeness (QED) is 0.631. The number of amides is 1. The molecule has 1 rings (SSSR count). The number of nitrogens with zero attached hydrogens (tertiary/aromatic N) is 2. The third kappa shape index (κ3) is 6.06. The van der Waals surface area contributed by atoms with Crippen molar-refractivity contribution in [2.24, 2.45) is 5.73 Å². The topological polar surface area (TPSA) is 72.9 Å². The minimum Gasteiger partial charge on any atom is -0.370 e. The Morgan fingerprint density at radius 1 is 1.53 bits per heavy atom. The number of hydrogen-bond donors (Lipinski definition) is 2. The highest BCUT2D eigenvalue weighted by atomic mass is 16.1. The van der Waals surface area contributed by atoms with Crippen LogP contribution in [0.2, 0.25) is 0 Å². The van der Waals surface area contributed by atoms with E-state index in [1.807, 2.05) is 10.9 Å². The van der Waals surface area contributed by atoms with Gasteiger partial charge in [0.25, 0.3) is 0 Å². The van der Waals surface area contributed by atoms with Crippen LogP contribution in [-0.2, 0) is 17.9 Å². The lowest BCUT2D eigenvalue weighted by Crippen LogP contribution is -2.16. The summed E-state index contributed by atoms with van der Waals surface area (Å²) in [5.41, 5.74) is 6.26. The molecule has 0 unspecified atom stereocenters. The fourth-order valence-corrected chi connectivity index (χ4v) is 1.63. The maximum absolute atomic E-state index is 10.5. The normalized spacial score (nSPS) is 10.6. The Labute approximate surface area is 102 Å². The zero-order valence-electron chi connectivity index (χ0n) is 10.5. The molecule has 0 spiro atoms. The highest BCUT2D eigenvalue weighted by Crippen LogP contribution is 1.99. The molecule has 0 saturated heterocycles. The lowest BCUT2D eigenvalue weighted by atomic mass is 10.2. The standard InChI is InChI=1S/C12H22N4O/c1-2-7-16-10-11(9-15-16)8-14-6-4-3-5-12(13)17/h9-10,14H,2-8H2,1H3,(H2,13,17). The summed E-state index contributed by atoms with van der Waals surface area (Å²) < 4.78 is 1.96. The molecule has 1 aromatic heterocycles. The third-order valence-corrected chi connectivity index (χ3v) is 2.50. The maximum Gasteiger partial charge on any atom is 0.217 e. The van der Waals surface area contributed by atoms with Crippen LogP contribution >= 0.6 is 0 Å². The number of aryl methyl sites for hydroxylation is 1. The number of aromatic nitrogens is 2. The van der Waals surface area contributed by atoms with E-state index in [1.54, 1.807) is 0 Å². The SMILES string of the molecule is CCCn1cc(CNCCCCC(N)=O)cn1. The molecule has 0 fully saturated rings. The second kappa shape index (κ2) is 7.84. The number of rotatable bonds is 9. The van der Waals surface area contributed by atoms with E-state index in [9.17, 15) is 4.79 Å². The molecule has 1 amide bonds.